The van der Waals surface area contributed by atoms with Crippen molar-refractivity contribution in [3.8, 4) is 11.5 Å². The van der Waals surface area contributed by atoms with E-state index in [4.69, 9.17) is 9.52 Å². The molecule has 25 heavy (non-hydrogen) atoms. The van der Waals surface area contributed by atoms with Gasteiger partial charge in [-0.3, -0.25) is 9.59 Å². The fourth-order valence-electron chi connectivity index (χ4n) is 3.85. The van der Waals surface area contributed by atoms with E-state index in [-0.39, 0.29) is 17.2 Å². The quantitative estimate of drug-likeness (QED) is 0.928. The summed E-state index contributed by atoms with van der Waals surface area (Å²) in [6.07, 6.45) is 2.24. The Hall–Kier alpha value is -2.63. The second kappa shape index (κ2) is 5.72. The molecule has 2 aliphatic rings. The third-order valence-electron chi connectivity index (χ3n) is 5.55. The fraction of sp³-hybridized carbons (Fsp3) is 0.421. The van der Waals surface area contributed by atoms with Crippen LogP contribution >= 0.6 is 0 Å². The van der Waals surface area contributed by atoms with Crippen LogP contribution in [0.4, 0.5) is 0 Å². The number of carboxylic acid groups (broad SMARTS) is 1. The van der Waals surface area contributed by atoms with Gasteiger partial charge in [0.1, 0.15) is 5.76 Å². The molecule has 1 aromatic heterocycles. The van der Waals surface area contributed by atoms with Crippen molar-refractivity contribution >= 4 is 11.9 Å². The topological polar surface area (TPSA) is 83.6 Å². The van der Waals surface area contributed by atoms with Gasteiger partial charge in [0.25, 0.3) is 5.91 Å². The summed E-state index contributed by atoms with van der Waals surface area (Å²) in [5.41, 5.74) is 1.10. The molecular formula is C19H20N2O4. The van der Waals surface area contributed by atoms with E-state index < -0.39 is 5.97 Å². The highest BCUT2D eigenvalue weighted by atomic mass is 16.4. The van der Waals surface area contributed by atoms with E-state index in [0.29, 0.717) is 30.4 Å². The molecule has 1 spiro atoms. The van der Waals surface area contributed by atoms with Crippen LogP contribution in [0.25, 0.3) is 11.5 Å². The molecule has 4 rings (SSSR count). The average Bonchev–Trinajstić information content (AvgIpc) is 3.18. The van der Waals surface area contributed by atoms with Crippen molar-refractivity contribution < 1.29 is 19.1 Å². The van der Waals surface area contributed by atoms with E-state index in [9.17, 15) is 9.59 Å². The van der Waals surface area contributed by atoms with Crippen LogP contribution in [-0.2, 0) is 4.79 Å². The lowest BCUT2D eigenvalue weighted by Crippen LogP contribution is -2.40. The number of aryl methyl sites for hydroxylation is 1. The Bertz CT molecular complexity index is 819. The Kier molecular flexibility index (Phi) is 3.63. The Morgan fingerprint density at radius 2 is 1.92 bits per heavy atom. The smallest absolute Gasteiger partial charge is 0.307 e. The van der Waals surface area contributed by atoms with Crippen molar-refractivity contribution in [2.24, 2.45) is 11.3 Å². The van der Waals surface area contributed by atoms with Crippen LogP contribution in [0.5, 0.6) is 0 Å². The van der Waals surface area contributed by atoms with E-state index in [1.54, 1.807) is 11.8 Å². The fourth-order valence-corrected chi connectivity index (χ4v) is 3.85. The van der Waals surface area contributed by atoms with E-state index >= 15 is 0 Å². The number of likely N-dealkylation sites (tertiary alicyclic amines) is 1. The maximum Gasteiger partial charge on any atom is 0.307 e. The predicted octanol–water partition coefficient (Wildman–Crippen LogP) is 2.98. The lowest BCUT2D eigenvalue weighted by atomic mass is 9.90. The molecule has 1 amide bonds. The Morgan fingerprint density at radius 3 is 2.52 bits per heavy atom. The molecule has 1 aliphatic heterocycles. The average molecular weight is 340 g/mol. The Labute approximate surface area is 145 Å². The summed E-state index contributed by atoms with van der Waals surface area (Å²) in [7, 11) is 0. The van der Waals surface area contributed by atoms with Crippen LogP contribution in [-0.4, -0.2) is 40.0 Å². The van der Waals surface area contributed by atoms with Crippen LogP contribution in [0.1, 0.15) is 35.5 Å². The number of nitrogens with zero attached hydrogens (tertiary/aromatic N) is 2. The van der Waals surface area contributed by atoms with Crippen molar-refractivity contribution in [2.45, 2.75) is 26.2 Å². The number of piperidine rings is 1. The summed E-state index contributed by atoms with van der Waals surface area (Å²) in [5.74, 6) is -0.115. The van der Waals surface area contributed by atoms with E-state index in [0.717, 1.165) is 24.8 Å². The third-order valence-corrected chi connectivity index (χ3v) is 5.55. The maximum atomic E-state index is 12.8. The zero-order valence-corrected chi connectivity index (χ0v) is 14.1. The van der Waals surface area contributed by atoms with Crippen molar-refractivity contribution in [2.75, 3.05) is 13.1 Å². The highest BCUT2D eigenvalue weighted by molar-refractivity contribution is 5.93. The summed E-state index contributed by atoms with van der Waals surface area (Å²) in [6, 6.07) is 9.49. The first-order valence-corrected chi connectivity index (χ1v) is 8.55. The van der Waals surface area contributed by atoms with Crippen LogP contribution in [0.15, 0.2) is 34.7 Å². The molecule has 0 bridgehead atoms. The van der Waals surface area contributed by atoms with Gasteiger partial charge in [0.15, 0.2) is 5.69 Å². The van der Waals surface area contributed by atoms with Crippen LogP contribution in [0.3, 0.4) is 0 Å². The first-order chi connectivity index (χ1) is 12.0. The number of aromatic nitrogens is 1. The summed E-state index contributed by atoms with van der Waals surface area (Å²) >= 11 is 0. The molecule has 2 fully saturated rings. The number of carbonyl (C=O) groups is 2. The highest BCUT2D eigenvalue weighted by Crippen LogP contribution is 2.59. The third kappa shape index (κ3) is 2.71. The second-order valence-corrected chi connectivity index (χ2v) is 7.04. The maximum absolute atomic E-state index is 12.8. The van der Waals surface area contributed by atoms with E-state index in [2.05, 4.69) is 4.98 Å². The van der Waals surface area contributed by atoms with E-state index in [1.807, 2.05) is 30.3 Å². The predicted molar refractivity (Wildman–Crippen MR) is 90.0 cm³/mol. The molecule has 2 heterocycles. The standard InChI is InChI=1S/C19H20N2O4/c1-12-15(20-16(25-12)13-5-3-2-4-6-13)17(22)21-9-7-19(8-10-21)11-14(19)18(23)24/h2-6,14H,7-11H2,1H3,(H,23,24). The molecule has 1 aliphatic carbocycles. The van der Waals surface area contributed by atoms with Crippen LogP contribution < -0.4 is 0 Å². The largest absolute Gasteiger partial charge is 0.481 e. The van der Waals surface area contributed by atoms with Crippen molar-refractivity contribution in [3.63, 3.8) is 0 Å². The summed E-state index contributed by atoms with van der Waals surface area (Å²) in [6.45, 7) is 2.91. The molecule has 1 unspecified atom stereocenters. The van der Waals surface area contributed by atoms with Gasteiger partial charge in [-0.15, -0.1) is 0 Å². The Morgan fingerprint density at radius 1 is 1.24 bits per heavy atom. The number of amides is 1. The number of rotatable bonds is 3. The van der Waals surface area contributed by atoms with Crippen molar-refractivity contribution in [1.29, 1.82) is 0 Å². The van der Waals surface area contributed by atoms with Gasteiger partial charge in [-0.25, -0.2) is 4.98 Å². The molecule has 1 aromatic carbocycles. The lowest BCUT2D eigenvalue weighted by Gasteiger charge is -2.32. The number of benzene rings is 1. The highest BCUT2D eigenvalue weighted by Gasteiger charge is 2.59. The molecule has 6 heteroatoms. The first kappa shape index (κ1) is 15.9. The molecule has 1 atom stereocenters. The van der Waals surface area contributed by atoms with Gasteiger partial charge < -0.3 is 14.4 Å². The minimum Gasteiger partial charge on any atom is -0.481 e. The number of hydrogen-bond acceptors (Lipinski definition) is 4. The SMILES string of the molecule is Cc1oc(-c2ccccc2)nc1C(=O)N1CCC2(CC1)CC2C(=O)O. The summed E-state index contributed by atoms with van der Waals surface area (Å²) < 4.78 is 5.68. The van der Waals surface area contributed by atoms with Gasteiger partial charge in [-0.05, 0) is 43.7 Å². The Balaban J connectivity index is 1.47. The monoisotopic (exact) mass is 340 g/mol. The van der Waals surface area contributed by atoms with Gasteiger partial charge in [0.2, 0.25) is 5.89 Å². The molecule has 1 saturated heterocycles. The molecule has 2 aromatic rings. The van der Waals surface area contributed by atoms with Gasteiger partial charge >= 0.3 is 5.97 Å². The normalized spacial score (nSPS) is 21.3. The molecule has 1 saturated carbocycles. The molecule has 1 N–H and O–H groups in total. The number of hydrogen-bond donors (Lipinski definition) is 1. The first-order valence-electron chi connectivity index (χ1n) is 8.55. The number of aliphatic carboxylic acids is 1. The number of carboxylic acids is 1. The minimum absolute atomic E-state index is 0.0866. The van der Waals surface area contributed by atoms with E-state index in [1.165, 1.54) is 0 Å². The summed E-state index contributed by atoms with van der Waals surface area (Å²) in [5, 5.41) is 9.17. The number of carbonyl (C=O) groups excluding carboxylic acids is 1. The van der Waals surface area contributed by atoms with Crippen molar-refractivity contribution in [3.05, 3.63) is 41.8 Å². The minimum atomic E-state index is -0.709. The lowest BCUT2D eigenvalue weighted by molar-refractivity contribution is -0.139. The van der Waals surface area contributed by atoms with Crippen LogP contribution in [0, 0.1) is 18.3 Å². The molecule has 6 nitrogen and oxygen atoms in total. The summed E-state index contributed by atoms with van der Waals surface area (Å²) in [4.78, 5) is 30.1. The van der Waals surface area contributed by atoms with Gasteiger partial charge in [0, 0.05) is 18.7 Å². The van der Waals surface area contributed by atoms with Crippen LogP contribution in [0.2, 0.25) is 0 Å². The zero-order chi connectivity index (χ0) is 17.6. The molecule has 0 radical (unpaired) electrons. The molecular weight excluding hydrogens is 320 g/mol. The van der Waals surface area contributed by atoms with Crippen molar-refractivity contribution in [1.82, 2.24) is 9.88 Å². The second-order valence-electron chi connectivity index (χ2n) is 7.04. The zero-order valence-electron chi connectivity index (χ0n) is 14.1. The van der Waals surface area contributed by atoms with Gasteiger partial charge in [0.05, 0.1) is 5.92 Å². The molecule has 130 valence electrons. The van der Waals surface area contributed by atoms with Gasteiger partial charge in [-0.1, -0.05) is 18.2 Å². The number of oxazole rings is 1. The van der Waals surface area contributed by atoms with Gasteiger partial charge in [-0.2, -0.15) is 0 Å².